The van der Waals surface area contributed by atoms with Gasteiger partial charge in [-0.2, -0.15) is 4.98 Å². The molecular formula is C22H34N4O3. The highest BCUT2D eigenvalue weighted by atomic mass is 16.5. The SMILES string of the molecule is Cc1noc([C@]23C[C@H](NC(=O)CCC4CCCC4)CC2CN(C(=O)C(C)C)C3)n1. The zero-order chi connectivity index (χ0) is 20.6. The molecule has 160 valence electrons. The molecule has 1 unspecified atom stereocenters. The summed E-state index contributed by atoms with van der Waals surface area (Å²) < 4.78 is 5.60. The second-order valence-electron chi connectivity index (χ2n) is 9.77. The van der Waals surface area contributed by atoms with Gasteiger partial charge in [0.05, 0.1) is 5.41 Å². The van der Waals surface area contributed by atoms with Crippen LogP contribution in [0.2, 0.25) is 0 Å². The number of nitrogens with one attached hydrogen (secondary N) is 1. The molecule has 0 spiro atoms. The first-order valence-corrected chi connectivity index (χ1v) is 11.3. The van der Waals surface area contributed by atoms with Crippen molar-refractivity contribution in [2.24, 2.45) is 17.8 Å². The van der Waals surface area contributed by atoms with Crippen LogP contribution in [-0.4, -0.2) is 46.0 Å². The zero-order valence-corrected chi connectivity index (χ0v) is 17.9. The molecule has 1 aliphatic heterocycles. The van der Waals surface area contributed by atoms with E-state index < -0.39 is 0 Å². The molecule has 29 heavy (non-hydrogen) atoms. The van der Waals surface area contributed by atoms with Crippen molar-refractivity contribution in [3.8, 4) is 0 Å². The lowest BCUT2D eigenvalue weighted by molar-refractivity contribution is -0.134. The number of likely N-dealkylation sites (tertiary alicyclic amines) is 1. The fourth-order valence-corrected chi connectivity index (χ4v) is 5.78. The van der Waals surface area contributed by atoms with Crippen LogP contribution in [0.5, 0.6) is 0 Å². The van der Waals surface area contributed by atoms with Crippen LogP contribution in [-0.2, 0) is 15.0 Å². The molecule has 3 aliphatic rings. The second kappa shape index (κ2) is 8.07. The van der Waals surface area contributed by atoms with E-state index in [-0.39, 0.29) is 35.1 Å². The van der Waals surface area contributed by atoms with E-state index in [4.69, 9.17) is 4.52 Å². The first kappa shape index (κ1) is 20.4. The number of carbonyl (C=O) groups excluding carboxylic acids is 2. The molecule has 2 heterocycles. The molecule has 3 atom stereocenters. The molecule has 1 N–H and O–H groups in total. The van der Waals surface area contributed by atoms with Crippen molar-refractivity contribution < 1.29 is 14.1 Å². The molecule has 1 aromatic rings. The lowest BCUT2D eigenvalue weighted by Gasteiger charge is -2.26. The molecule has 0 bridgehead atoms. The third-order valence-electron chi connectivity index (χ3n) is 7.25. The molecule has 4 rings (SSSR count). The Labute approximate surface area is 173 Å². The highest BCUT2D eigenvalue weighted by molar-refractivity contribution is 5.79. The van der Waals surface area contributed by atoms with Crippen LogP contribution in [0.25, 0.3) is 0 Å². The average molecular weight is 403 g/mol. The summed E-state index contributed by atoms with van der Waals surface area (Å²) in [5.74, 6) is 2.52. The standard InChI is InChI=1S/C22H34N4O3/c1-14(2)20(28)26-12-17-10-18(24-19(27)9-8-16-6-4-5-7-16)11-22(17,13-26)21-23-15(3)25-29-21/h14,16-18H,4-13H2,1-3H3,(H,24,27)/t17?,18-,22+/m1/s1. The Morgan fingerprint density at radius 2 is 2.07 bits per heavy atom. The summed E-state index contributed by atoms with van der Waals surface area (Å²) in [6.45, 7) is 7.00. The molecule has 2 aliphatic carbocycles. The van der Waals surface area contributed by atoms with Crippen molar-refractivity contribution in [3.05, 3.63) is 11.7 Å². The Balaban J connectivity index is 1.43. The van der Waals surface area contributed by atoms with Crippen LogP contribution in [0.3, 0.4) is 0 Å². The average Bonchev–Trinajstić information content (AvgIpc) is 3.42. The topological polar surface area (TPSA) is 88.3 Å². The van der Waals surface area contributed by atoms with Gasteiger partial charge in [-0.25, -0.2) is 0 Å². The first-order valence-electron chi connectivity index (χ1n) is 11.3. The smallest absolute Gasteiger partial charge is 0.235 e. The summed E-state index contributed by atoms with van der Waals surface area (Å²) in [4.78, 5) is 31.7. The summed E-state index contributed by atoms with van der Waals surface area (Å²) in [5, 5.41) is 7.27. The Hall–Kier alpha value is -1.92. The monoisotopic (exact) mass is 402 g/mol. The van der Waals surface area contributed by atoms with Gasteiger partial charge in [0.15, 0.2) is 5.82 Å². The number of hydrogen-bond acceptors (Lipinski definition) is 5. The third-order valence-corrected chi connectivity index (χ3v) is 7.25. The third kappa shape index (κ3) is 4.05. The summed E-state index contributed by atoms with van der Waals surface area (Å²) >= 11 is 0. The maximum absolute atomic E-state index is 12.6. The van der Waals surface area contributed by atoms with Gasteiger partial charge in [0.2, 0.25) is 17.7 Å². The molecule has 2 amide bonds. The van der Waals surface area contributed by atoms with Crippen molar-refractivity contribution >= 4 is 11.8 Å². The van der Waals surface area contributed by atoms with Gasteiger partial charge in [-0.05, 0) is 38.0 Å². The number of amides is 2. The number of carbonyl (C=O) groups is 2. The van der Waals surface area contributed by atoms with E-state index in [9.17, 15) is 9.59 Å². The van der Waals surface area contributed by atoms with Crippen LogP contribution in [0.4, 0.5) is 0 Å². The quantitative estimate of drug-likeness (QED) is 0.790. The summed E-state index contributed by atoms with van der Waals surface area (Å²) in [5.41, 5.74) is -0.338. The van der Waals surface area contributed by atoms with Crippen LogP contribution in [0.15, 0.2) is 4.52 Å². The Bertz CT molecular complexity index is 755. The van der Waals surface area contributed by atoms with Gasteiger partial charge in [-0.1, -0.05) is 44.7 Å². The number of fused-ring (bicyclic) bond motifs is 1. The highest BCUT2D eigenvalue weighted by Crippen LogP contribution is 2.50. The maximum Gasteiger partial charge on any atom is 0.235 e. The molecular weight excluding hydrogens is 368 g/mol. The maximum atomic E-state index is 12.6. The van der Waals surface area contributed by atoms with E-state index in [1.165, 1.54) is 25.7 Å². The Kier molecular flexibility index (Phi) is 5.67. The molecule has 7 heteroatoms. The number of nitrogens with zero attached hydrogens (tertiary/aromatic N) is 3. The van der Waals surface area contributed by atoms with Crippen LogP contribution in [0.1, 0.15) is 76.9 Å². The lowest BCUT2D eigenvalue weighted by atomic mass is 9.80. The van der Waals surface area contributed by atoms with Gasteiger partial charge in [0.25, 0.3) is 0 Å². The predicted octanol–water partition coefficient (Wildman–Crippen LogP) is 2.98. The summed E-state index contributed by atoms with van der Waals surface area (Å²) in [6.07, 6.45) is 8.43. The van der Waals surface area contributed by atoms with E-state index in [2.05, 4.69) is 15.5 Å². The van der Waals surface area contributed by atoms with Crippen LogP contribution < -0.4 is 5.32 Å². The molecule has 0 radical (unpaired) electrons. The van der Waals surface area contributed by atoms with Crippen LogP contribution in [0, 0.1) is 24.7 Å². The van der Waals surface area contributed by atoms with Crippen LogP contribution >= 0.6 is 0 Å². The minimum atomic E-state index is -0.338. The minimum Gasteiger partial charge on any atom is -0.353 e. The largest absolute Gasteiger partial charge is 0.353 e. The van der Waals surface area contributed by atoms with Gasteiger partial charge < -0.3 is 14.7 Å². The Morgan fingerprint density at radius 3 is 2.72 bits per heavy atom. The number of aryl methyl sites for hydroxylation is 1. The molecule has 1 saturated heterocycles. The van der Waals surface area contributed by atoms with Gasteiger partial charge in [0, 0.05) is 31.5 Å². The van der Waals surface area contributed by atoms with Gasteiger partial charge in [-0.15, -0.1) is 0 Å². The highest BCUT2D eigenvalue weighted by Gasteiger charge is 2.58. The number of rotatable bonds is 6. The van der Waals surface area contributed by atoms with Crippen molar-refractivity contribution in [2.75, 3.05) is 13.1 Å². The summed E-state index contributed by atoms with van der Waals surface area (Å²) in [6, 6.07) is 0.111. The van der Waals surface area contributed by atoms with Gasteiger partial charge in [0.1, 0.15) is 0 Å². The lowest BCUT2D eigenvalue weighted by Crippen LogP contribution is -2.40. The van der Waals surface area contributed by atoms with Crippen molar-refractivity contribution in [1.29, 1.82) is 0 Å². The van der Waals surface area contributed by atoms with Gasteiger partial charge in [-0.3, -0.25) is 9.59 Å². The zero-order valence-electron chi connectivity index (χ0n) is 17.9. The van der Waals surface area contributed by atoms with E-state index >= 15 is 0 Å². The van der Waals surface area contributed by atoms with E-state index in [1.54, 1.807) is 0 Å². The summed E-state index contributed by atoms with van der Waals surface area (Å²) in [7, 11) is 0. The van der Waals surface area contributed by atoms with Crippen molar-refractivity contribution in [3.63, 3.8) is 0 Å². The van der Waals surface area contributed by atoms with E-state index in [0.717, 1.165) is 25.2 Å². The fraction of sp³-hybridized carbons (Fsp3) is 0.818. The molecule has 0 aromatic carbocycles. The number of hydrogen-bond donors (Lipinski definition) is 1. The molecule has 7 nitrogen and oxygen atoms in total. The predicted molar refractivity (Wildman–Crippen MR) is 108 cm³/mol. The first-order chi connectivity index (χ1) is 13.9. The number of aromatic nitrogens is 2. The molecule has 3 fully saturated rings. The Morgan fingerprint density at radius 1 is 1.31 bits per heavy atom. The van der Waals surface area contributed by atoms with Crippen molar-refractivity contribution in [2.45, 2.75) is 83.6 Å². The van der Waals surface area contributed by atoms with Crippen molar-refractivity contribution in [1.82, 2.24) is 20.4 Å². The fourth-order valence-electron chi connectivity index (χ4n) is 5.78. The second-order valence-corrected chi connectivity index (χ2v) is 9.77. The van der Waals surface area contributed by atoms with E-state index in [1.807, 2.05) is 25.7 Å². The van der Waals surface area contributed by atoms with Gasteiger partial charge >= 0.3 is 0 Å². The molecule has 1 aromatic heterocycles. The normalized spacial score (nSPS) is 29.6. The van der Waals surface area contributed by atoms with E-state index in [0.29, 0.717) is 31.2 Å². The molecule has 2 saturated carbocycles. The minimum absolute atomic E-state index is 0.0265.